The molecule has 0 aromatic carbocycles. The van der Waals surface area contributed by atoms with E-state index in [-0.39, 0.29) is 17.6 Å². The molecule has 0 amide bonds. The number of nitrogens with zero attached hydrogens (tertiary/aromatic N) is 2. The Hall–Kier alpha value is -0.880. The molecule has 2 N–H and O–H groups in total. The molecule has 1 fully saturated rings. The maximum absolute atomic E-state index is 11.9. The predicted octanol–water partition coefficient (Wildman–Crippen LogP) is 1.99. The summed E-state index contributed by atoms with van der Waals surface area (Å²) in [6, 6.07) is 0. The molecular formula is C13H20BrN3O2. The van der Waals surface area contributed by atoms with Crippen LogP contribution in [0.25, 0.3) is 0 Å². The third kappa shape index (κ3) is 3.36. The quantitative estimate of drug-likeness (QED) is 0.886. The van der Waals surface area contributed by atoms with Gasteiger partial charge in [0.15, 0.2) is 0 Å². The molecule has 2 atom stereocenters. The van der Waals surface area contributed by atoms with Gasteiger partial charge < -0.3 is 10.4 Å². The van der Waals surface area contributed by atoms with Crippen molar-refractivity contribution in [2.24, 2.45) is 5.92 Å². The first-order valence-electron chi connectivity index (χ1n) is 6.81. The molecule has 0 radical (unpaired) electrons. The van der Waals surface area contributed by atoms with Gasteiger partial charge in [-0.1, -0.05) is 12.8 Å². The summed E-state index contributed by atoms with van der Waals surface area (Å²) >= 11 is 3.31. The zero-order valence-electron chi connectivity index (χ0n) is 11.1. The zero-order valence-corrected chi connectivity index (χ0v) is 12.7. The van der Waals surface area contributed by atoms with Crippen molar-refractivity contribution in [1.82, 2.24) is 9.78 Å². The highest BCUT2D eigenvalue weighted by molar-refractivity contribution is 9.10. The number of halogens is 1. The molecule has 0 saturated heterocycles. The van der Waals surface area contributed by atoms with Gasteiger partial charge in [0, 0.05) is 19.0 Å². The number of aliphatic hydroxyl groups is 1. The van der Waals surface area contributed by atoms with Crippen LogP contribution in [0.2, 0.25) is 0 Å². The molecule has 2 rings (SSSR count). The van der Waals surface area contributed by atoms with Crippen LogP contribution in [0.3, 0.4) is 0 Å². The first kappa shape index (κ1) is 14.5. The molecule has 1 aromatic rings. The number of anilines is 1. The Morgan fingerprint density at radius 2 is 2.26 bits per heavy atom. The number of aryl methyl sites for hydroxylation is 1. The van der Waals surface area contributed by atoms with E-state index in [0.717, 1.165) is 19.3 Å². The van der Waals surface area contributed by atoms with E-state index in [2.05, 4.69) is 26.3 Å². The highest BCUT2D eigenvalue weighted by atomic mass is 79.9. The lowest BCUT2D eigenvalue weighted by atomic mass is 9.86. The van der Waals surface area contributed by atoms with Crippen LogP contribution in [-0.4, -0.2) is 27.5 Å². The molecule has 1 aliphatic carbocycles. The van der Waals surface area contributed by atoms with Crippen molar-refractivity contribution in [3.63, 3.8) is 0 Å². The van der Waals surface area contributed by atoms with Crippen molar-refractivity contribution >= 4 is 21.6 Å². The van der Waals surface area contributed by atoms with Crippen LogP contribution in [0.5, 0.6) is 0 Å². The Morgan fingerprint density at radius 1 is 1.53 bits per heavy atom. The van der Waals surface area contributed by atoms with Crippen LogP contribution in [0.15, 0.2) is 15.5 Å². The van der Waals surface area contributed by atoms with E-state index in [0.29, 0.717) is 23.2 Å². The standard InChI is InChI=1S/C13H20BrN3O2/c1-2-17-13(19)12(14)10(8-16-17)15-7-9-5-3-4-6-11(9)18/h8-9,11,15,18H,2-7H2,1H3. The predicted molar refractivity (Wildman–Crippen MR) is 78.3 cm³/mol. The molecule has 0 aliphatic heterocycles. The van der Waals surface area contributed by atoms with E-state index in [9.17, 15) is 9.90 Å². The minimum absolute atomic E-state index is 0.128. The Morgan fingerprint density at radius 3 is 2.95 bits per heavy atom. The first-order chi connectivity index (χ1) is 9.13. The van der Waals surface area contributed by atoms with Gasteiger partial charge in [0.05, 0.1) is 18.0 Å². The van der Waals surface area contributed by atoms with Crippen molar-refractivity contribution in [3.05, 3.63) is 21.0 Å². The third-order valence-corrected chi connectivity index (χ3v) is 4.47. The fourth-order valence-electron chi connectivity index (χ4n) is 2.48. The van der Waals surface area contributed by atoms with Gasteiger partial charge in [-0.15, -0.1) is 0 Å². The van der Waals surface area contributed by atoms with Gasteiger partial charge in [-0.05, 0) is 35.7 Å². The van der Waals surface area contributed by atoms with Crippen LogP contribution < -0.4 is 10.9 Å². The lowest BCUT2D eigenvalue weighted by molar-refractivity contribution is 0.0763. The lowest BCUT2D eigenvalue weighted by Gasteiger charge is -2.28. The van der Waals surface area contributed by atoms with E-state index in [1.54, 1.807) is 6.20 Å². The average molecular weight is 330 g/mol. The van der Waals surface area contributed by atoms with Crippen LogP contribution >= 0.6 is 15.9 Å². The maximum Gasteiger partial charge on any atom is 0.283 e. The summed E-state index contributed by atoms with van der Waals surface area (Å²) in [4.78, 5) is 11.9. The molecule has 0 spiro atoms. The fraction of sp³-hybridized carbons (Fsp3) is 0.692. The molecule has 1 saturated carbocycles. The second-order valence-corrected chi connectivity index (χ2v) is 5.78. The highest BCUT2D eigenvalue weighted by Gasteiger charge is 2.23. The van der Waals surface area contributed by atoms with E-state index >= 15 is 0 Å². The average Bonchev–Trinajstić information content (AvgIpc) is 2.42. The van der Waals surface area contributed by atoms with Gasteiger partial charge in [-0.3, -0.25) is 4.79 Å². The third-order valence-electron chi connectivity index (χ3n) is 3.71. The summed E-state index contributed by atoms with van der Waals surface area (Å²) in [7, 11) is 0. The monoisotopic (exact) mass is 329 g/mol. The lowest BCUT2D eigenvalue weighted by Crippen LogP contribution is -2.31. The molecule has 5 nitrogen and oxygen atoms in total. The van der Waals surface area contributed by atoms with Gasteiger partial charge in [0.2, 0.25) is 0 Å². The number of aliphatic hydroxyl groups excluding tert-OH is 1. The number of rotatable bonds is 4. The fourth-order valence-corrected chi connectivity index (χ4v) is 2.93. The molecule has 1 aliphatic rings. The minimum atomic E-state index is -0.232. The van der Waals surface area contributed by atoms with E-state index in [1.165, 1.54) is 11.1 Å². The molecule has 6 heteroatoms. The Labute approximate surface area is 121 Å². The molecule has 106 valence electrons. The minimum Gasteiger partial charge on any atom is -0.393 e. The summed E-state index contributed by atoms with van der Waals surface area (Å²) in [6.07, 6.45) is 5.61. The molecule has 1 aromatic heterocycles. The molecule has 1 heterocycles. The van der Waals surface area contributed by atoms with E-state index in [4.69, 9.17) is 0 Å². The van der Waals surface area contributed by atoms with Crippen molar-refractivity contribution in [3.8, 4) is 0 Å². The maximum atomic E-state index is 11.9. The van der Waals surface area contributed by atoms with Crippen molar-refractivity contribution < 1.29 is 5.11 Å². The molecule has 19 heavy (non-hydrogen) atoms. The molecule has 2 unspecified atom stereocenters. The smallest absolute Gasteiger partial charge is 0.283 e. The van der Waals surface area contributed by atoms with Gasteiger partial charge >= 0.3 is 0 Å². The molecular weight excluding hydrogens is 310 g/mol. The second-order valence-electron chi connectivity index (χ2n) is 4.99. The van der Waals surface area contributed by atoms with E-state index in [1.807, 2.05) is 6.92 Å². The van der Waals surface area contributed by atoms with Crippen LogP contribution in [0.4, 0.5) is 5.69 Å². The topological polar surface area (TPSA) is 67.2 Å². The van der Waals surface area contributed by atoms with Gasteiger partial charge in [0.25, 0.3) is 5.56 Å². The zero-order chi connectivity index (χ0) is 13.8. The Balaban J connectivity index is 2.03. The first-order valence-corrected chi connectivity index (χ1v) is 7.60. The number of aromatic nitrogens is 2. The van der Waals surface area contributed by atoms with Crippen molar-refractivity contribution in [2.75, 3.05) is 11.9 Å². The van der Waals surface area contributed by atoms with Crippen molar-refractivity contribution in [1.29, 1.82) is 0 Å². The summed E-state index contributed by atoms with van der Waals surface area (Å²) < 4.78 is 1.92. The van der Waals surface area contributed by atoms with Crippen LogP contribution in [-0.2, 0) is 6.54 Å². The Bertz CT molecular complexity index is 489. The van der Waals surface area contributed by atoms with Crippen molar-refractivity contribution in [2.45, 2.75) is 45.3 Å². The summed E-state index contributed by atoms with van der Waals surface area (Å²) in [5.41, 5.74) is 0.573. The van der Waals surface area contributed by atoms with Crippen LogP contribution in [0, 0.1) is 5.92 Å². The van der Waals surface area contributed by atoms with Crippen LogP contribution in [0.1, 0.15) is 32.6 Å². The highest BCUT2D eigenvalue weighted by Crippen LogP contribution is 2.25. The largest absolute Gasteiger partial charge is 0.393 e. The normalized spacial score (nSPS) is 23.3. The number of hydrogen-bond acceptors (Lipinski definition) is 4. The second kappa shape index (κ2) is 6.52. The van der Waals surface area contributed by atoms with E-state index < -0.39 is 0 Å². The number of hydrogen-bond donors (Lipinski definition) is 2. The van der Waals surface area contributed by atoms with Gasteiger partial charge in [0.1, 0.15) is 4.47 Å². The summed E-state index contributed by atoms with van der Waals surface area (Å²) in [5.74, 6) is 0.259. The number of nitrogens with one attached hydrogen (secondary N) is 1. The molecule has 0 bridgehead atoms. The SMILES string of the molecule is CCn1ncc(NCC2CCCCC2O)c(Br)c1=O. The van der Waals surface area contributed by atoms with Gasteiger partial charge in [-0.25, -0.2) is 4.68 Å². The Kier molecular flexibility index (Phi) is 4.99. The van der Waals surface area contributed by atoms with Gasteiger partial charge in [-0.2, -0.15) is 5.10 Å². The summed E-state index contributed by atoms with van der Waals surface area (Å²) in [5, 5.41) is 17.2. The summed E-state index contributed by atoms with van der Waals surface area (Å²) in [6.45, 7) is 3.11.